The van der Waals surface area contributed by atoms with Crippen LogP contribution in [0.1, 0.15) is 11.1 Å². The highest BCUT2D eigenvalue weighted by Gasteiger charge is 2.35. The van der Waals surface area contributed by atoms with Gasteiger partial charge in [-0.15, -0.1) is 0 Å². The predicted molar refractivity (Wildman–Crippen MR) is 101 cm³/mol. The molecule has 0 saturated heterocycles. The first-order valence-electron chi connectivity index (χ1n) is 8.11. The molecule has 1 amide bonds. The van der Waals surface area contributed by atoms with Crippen LogP contribution in [-0.2, 0) is 14.8 Å². The number of rotatable bonds is 5. The van der Waals surface area contributed by atoms with Crippen LogP contribution in [0.25, 0.3) is 5.57 Å². The Kier molecular flexibility index (Phi) is 6.30. The van der Waals surface area contributed by atoms with Crippen molar-refractivity contribution >= 4 is 27.2 Å². The van der Waals surface area contributed by atoms with Crippen LogP contribution in [0.3, 0.4) is 0 Å². The summed E-state index contributed by atoms with van der Waals surface area (Å²) in [7, 11) is -1.05. The Balaban J connectivity index is 2.40. The van der Waals surface area contributed by atoms with Gasteiger partial charge in [-0.1, -0.05) is 36.4 Å². The quantitative estimate of drug-likeness (QED) is 0.759. The van der Waals surface area contributed by atoms with Crippen molar-refractivity contribution in [1.29, 1.82) is 0 Å². The Labute approximate surface area is 161 Å². The fraction of sp³-hybridized carbons (Fsp3) is 0.211. The second-order valence-electron chi connectivity index (χ2n) is 6.18. The van der Waals surface area contributed by atoms with Gasteiger partial charge in [0.1, 0.15) is 0 Å². The molecule has 2 aromatic carbocycles. The Hall–Kier alpha value is -2.65. The lowest BCUT2D eigenvalue weighted by Gasteiger charge is -2.15. The van der Waals surface area contributed by atoms with Gasteiger partial charge in [-0.3, -0.25) is 4.79 Å². The first-order valence-corrected chi connectivity index (χ1v) is 9.55. The summed E-state index contributed by atoms with van der Waals surface area (Å²) in [6.07, 6.45) is -4.27. The van der Waals surface area contributed by atoms with Gasteiger partial charge in [0.25, 0.3) is 0 Å². The van der Waals surface area contributed by atoms with Gasteiger partial charge in [0, 0.05) is 25.9 Å². The average Bonchev–Trinajstić information content (AvgIpc) is 2.61. The number of allylic oxidation sites excluding steroid dienone is 1. The van der Waals surface area contributed by atoms with E-state index in [9.17, 15) is 26.4 Å². The molecule has 0 aromatic heterocycles. The second kappa shape index (κ2) is 8.15. The van der Waals surface area contributed by atoms with Gasteiger partial charge in [-0.25, -0.2) is 12.7 Å². The molecular formula is C19H19F3N2O3S. The topological polar surface area (TPSA) is 66.5 Å². The fourth-order valence-electron chi connectivity index (χ4n) is 2.35. The van der Waals surface area contributed by atoms with Crippen molar-refractivity contribution in [1.82, 2.24) is 4.31 Å². The Morgan fingerprint density at radius 2 is 1.68 bits per heavy atom. The number of hydrogen-bond acceptors (Lipinski definition) is 3. The maximum atomic E-state index is 13.4. The molecule has 0 atom stereocenters. The van der Waals surface area contributed by atoms with E-state index >= 15 is 0 Å². The van der Waals surface area contributed by atoms with Crippen molar-refractivity contribution < 1.29 is 26.4 Å². The van der Waals surface area contributed by atoms with E-state index in [0.29, 0.717) is 11.6 Å². The summed E-state index contributed by atoms with van der Waals surface area (Å²) in [4.78, 5) is 12.2. The lowest BCUT2D eigenvalue weighted by molar-refractivity contribution is -0.112. The van der Waals surface area contributed by atoms with Gasteiger partial charge in [0.2, 0.25) is 15.9 Å². The van der Waals surface area contributed by atoms with Crippen LogP contribution in [0.2, 0.25) is 0 Å². The maximum Gasteiger partial charge on any atom is 0.417 e. The smallest absolute Gasteiger partial charge is 0.322 e. The molecule has 2 aromatic rings. The summed E-state index contributed by atoms with van der Waals surface area (Å²) in [5, 5.41) is 2.34. The largest absolute Gasteiger partial charge is 0.417 e. The molecule has 28 heavy (non-hydrogen) atoms. The number of alkyl halides is 3. The van der Waals surface area contributed by atoms with Gasteiger partial charge >= 0.3 is 6.18 Å². The number of nitrogens with zero attached hydrogens (tertiary/aromatic N) is 1. The van der Waals surface area contributed by atoms with Crippen LogP contribution in [0.15, 0.2) is 59.5 Å². The number of carbonyl (C=O) groups excluding carboxylic acids is 1. The molecule has 0 saturated carbocycles. The molecule has 0 aliphatic heterocycles. The zero-order valence-electron chi connectivity index (χ0n) is 15.4. The summed E-state index contributed by atoms with van der Waals surface area (Å²) < 4.78 is 65.5. The molecule has 1 N–H and O–H groups in total. The molecule has 0 bridgehead atoms. The Morgan fingerprint density at radius 3 is 2.21 bits per heavy atom. The number of amides is 1. The van der Waals surface area contributed by atoms with Crippen molar-refractivity contribution in [3.63, 3.8) is 0 Å². The van der Waals surface area contributed by atoms with Crippen LogP contribution in [0.4, 0.5) is 18.9 Å². The van der Waals surface area contributed by atoms with E-state index in [4.69, 9.17) is 0 Å². The molecule has 0 spiro atoms. The van der Waals surface area contributed by atoms with E-state index in [0.717, 1.165) is 4.31 Å². The molecule has 0 aliphatic carbocycles. The standard InChI is InChI=1S/C19H19F3N2O3S/c1-13-9-10-15(28(26,27)24(2)3)11-17(13)23-18(25)12-16(19(20,21)22)14-7-5-4-6-8-14/h4-12H,1-3H3,(H,23,25)/b16-12-. The van der Waals surface area contributed by atoms with Crippen LogP contribution in [0.5, 0.6) is 0 Å². The van der Waals surface area contributed by atoms with E-state index < -0.39 is 27.7 Å². The molecule has 5 nitrogen and oxygen atoms in total. The highest BCUT2D eigenvalue weighted by Crippen LogP contribution is 2.33. The maximum absolute atomic E-state index is 13.4. The number of anilines is 1. The summed E-state index contributed by atoms with van der Waals surface area (Å²) in [5.41, 5.74) is -0.627. The number of nitrogens with one attached hydrogen (secondary N) is 1. The van der Waals surface area contributed by atoms with Crippen LogP contribution < -0.4 is 5.32 Å². The second-order valence-corrected chi connectivity index (χ2v) is 8.33. The fourth-order valence-corrected chi connectivity index (χ4v) is 3.28. The number of aryl methyl sites for hydroxylation is 1. The normalized spacial score (nSPS) is 12.9. The Bertz CT molecular complexity index is 999. The lowest BCUT2D eigenvalue weighted by atomic mass is 10.0. The molecule has 0 fully saturated rings. The highest BCUT2D eigenvalue weighted by atomic mass is 32.2. The van der Waals surface area contributed by atoms with Crippen LogP contribution in [0, 0.1) is 6.92 Å². The zero-order chi connectivity index (χ0) is 21.1. The summed E-state index contributed by atoms with van der Waals surface area (Å²) >= 11 is 0. The third kappa shape index (κ3) is 4.99. The van der Waals surface area contributed by atoms with E-state index in [1.165, 1.54) is 56.6 Å². The summed E-state index contributed by atoms with van der Waals surface area (Å²) in [6.45, 7) is 1.60. The van der Waals surface area contributed by atoms with Gasteiger partial charge in [-0.2, -0.15) is 13.2 Å². The van der Waals surface area contributed by atoms with Crippen molar-refractivity contribution in [2.45, 2.75) is 18.0 Å². The zero-order valence-corrected chi connectivity index (χ0v) is 16.2. The monoisotopic (exact) mass is 412 g/mol. The average molecular weight is 412 g/mol. The van der Waals surface area contributed by atoms with Crippen molar-refractivity contribution in [3.05, 3.63) is 65.7 Å². The van der Waals surface area contributed by atoms with E-state index in [2.05, 4.69) is 5.32 Å². The number of benzene rings is 2. The molecule has 0 aliphatic rings. The number of carbonyl (C=O) groups is 1. The molecule has 150 valence electrons. The molecule has 0 radical (unpaired) electrons. The van der Waals surface area contributed by atoms with Crippen LogP contribution >= 0.6 is 0 Å². The summed E-state index contributed by atoms with van der Waals surface area (Å²) in [5.74, 6) is -1.02. The van der Waals surface area contributed by atoms with Gasteiger partial charge in [-0.05, 0) is 30.2 Å². The molecule has 9 heteroatoms. The molecule has 2 rings (SSSR count). The van der Waals surface area contributed by atoms with Crippen LogP contribution in [-0.4, -0.2) is 38.9 Å². The molecular weight excluding hydrogens is 393 g/mol. The van der Waals surface area contributed by atoms with Crippen molar-refractivity contribution in [2.75, 3.05) is 19.4 Å². The SMILES string of the molecule is Cc1ccc(S(=O)(=O)N(C)C)cc1NC(=O)/C=C(/c1ccccc1)C(F)(F)F. The first kappa shape index (κ1) is 21.6. The number of hydrogen-bond donors (Lipinski definition) is 1. The minimum atomic E-state index is -4.73. The third-order valence-electron chi connectivity index (χ3n) is 3.91. The number of sulfonamides is 1. The van der Waals surface area contributed by atoms with Gasteiger partial charge in [0.05, 0.1) is 10.5 Å². The van der Waals surface area contributed by atoms with E-state index in [1.54, 1.807) is 13.0 Å². The lowest BCUT2D eigenvalue weighted by Crippen LogP contribution is -2.22. The highest BCUT2D eigenvalue weighted by molar-refractivity contribution is 7.89. The van der Waals surface area contributed by atoms with E-state index in [1.807, 2.05) is 0 Å². The van der Waals surface area contributed by atoms with Gasteiger partial charge in [0.15, 0.2) is 0 Å². The first-order chi connectivity index (χ1) is 12.9. The van der Waals surface area contributed by atoms with E-state index in [-0.39, 0.29) is 16.1 Å². The van der Waals surface area contributed by atoms with Gasteiger partial charge < -0.3 is 5.32 Å². The number of halogens is 3. The predicted octanol–water partition coefficient (Wildman–Crippen LogP) is 3.83. The third-order valence-corrected chi connectivity index (χ3v) is 5.72. The molecule has 0 heterocycles. The minimum Gasteiger partial charge on any atom is -0.322 e. The summed E-state index contributed by atoms with van der Waals surface area (Å²) in [6, 6.07) is 11.0. The minimum absolute atomic E-state index is 0.0820. The van der Waals surface area contributed by atoms with Crippen molar-refractivity contribution in [3.8, 4) is 0 Å². The Morgan fingerprint density at radius 1 is 1.07 bits per heavy atom. The van der Waals surface area contributed by atoms with Crippen molar-refractivity contribution in [2.24, 2.45) is 0 Å². The molecule has 0 unspecified atom stereocenters.